The van der Waals surface area contributed by atoms with Gasteiger partial charge in [-0.2, -0.15) is 0 Å². The number of nitrogens with one attached hydrogen (secondary N) is 1. The Balaban J connectivity index is 2.45. The summed E-state index contributed by atoms with van der Waals surface area (Å²) in [6.45, 7) is 4.64. The van der Waals surface area contributed by atoms with Gasteiger partial charge < -0.3 is 10.7 Å². The van der Waals surface area contributed by atoms with E-state index >= 15 is 0 Å². The maximum absolute atomic E-state index is 11.5. The van der Waals surface area contributed by atoms with Gasteiger partial charge in [-0.1, -0.05) is 13.8 Å². The molecule has 0 aliphatic heterocycles. The molecule has 0 radical (unpaired) electrons. The van der Waals surface area contributed by atoms with Gasteiger partial charge in [0, 0.05) is 18.0 Å². The molecular formula is C11H17N3O. The number of nitrogens with two attached hydrogens (primary N) is 1. The predicted octanol–water partition coefficient (Wildman–Crippen LogP) is 0.884. The standard InChI is InChI=1S/C11H17N3O/c1-7(2)8-5-9(15)14-10(13-8)11(6-12)3-4-11/h5,7H,3-4,6,12H2,1-2H3,(H,13,14,15). The summed E-state index contributed by atoms with van der Waals surface area (Å²) in [7, 11) is 0. The summed E-state index contributed by atoms with van der Waals surface area (Å²) in [4.78, 5) is 18.8. The van der Waals surface area contributed by atoms with Gasteiger partial charge in [0.15, 0.2) is 0 Å². The molecule has 1 aliphatic carbocycles. The van der Waals surface area contributed by atoms with Crippen molar-refractivity contribution < 1.29 is 0 Å². The van der Waals surface area contributed by atoms with Crippen LogP contribution in [-0.2, 0) is 5.41 Å². The zero-order valence-electron chi connectivity index (χ0n) is 9.21. The maximum atomic E-state index is 11.5. The van der Waals surface area contributed by atoms with E-state index < -0.39 is 0 Å². The van der Waals surface area contributed by atoms with Crippen molar-refractivity contribution in [1.82, 2.24) is 9.97 Å². The number of hydrogen-bond acceptors (Lipinski definition) is 3. The van der Waals surface area contributed by atoms with E-state index in [1.54, 1.807) is 6.07 Å². The lowest BCUT2D eigenvalue weighted by Gasteiger charge is -2.13. The molecule has 1 aromatic rings. The van der Waals surface area contributed by atoms with Crippen molar-refractivity contribution in [2.75, 3.05) is 6.54 Å². The molecule has 4 nitrogen and oxygen atoms in total. The van der Waals surface area contributed by atoms with Gasteiger partial charge in [-0.15, -0.1) is 0 Å². The zero-order valence-corrected chi connectivity index (χ0v) is 9.21. The molecule has 0 atom stereocenters. The van der Waals surface area contributed by atoms with Gasteiger partial charge in [-0.05, 0) is 18.8 Å². The van der Waals surface area contributed by atoms with E-state index in [-0.39, 0.29) is 16.9 Å². The normalized spacial score (nSPS) is 18.1. The lowest BCUT2D eigenvalue weighted by molar-refractivity contribution is 0.630. The van der Waals surface area contributed by atoms with Crippen LogP contribution in [0.4, 0.5) is 0 Å². The van der Waals surface area contributed by atoms with E-state index in [4.69, 9.17) is 5.73 Å². The molecule has 3 N–H and O–H groups in total. The van der Waals surface area contributed by atoms with Crippen molar-refractivity contribution in [1.29, 1.82) is 0 Å². The second-order valence-corrected chi connectivity index (χ2v) is 4.66. The molecule has 1 fully saturated rings. The number of aromatic amines is 1. The molecule has 1 heterocycles. The number of hydrogen-bond donors (Lipinski definition) is 2. The average Bonchev–Trinajstić information content (AvgIpc) is 2.97. The van der Waals surface area contributed by atoms with Gasteiger partial charge in [0.2, 0.25) is 0 Å². The Kier molecular flexibility index (Phi) is 2.38. The number of aromatic nitrogens is 2. The van der Waals surface area contributed by atoms with Crippen LogP contribution in [-0.4, -0.2) is 16.5 Å². The van der Waals surface area contributed by atoms with Crippen molar-refractivity contribution in [3.63, 3.8) is 0 Å². The van der Waals surface area contributed by atoms with E-state index in [2.05, 4.69) is 9.97 Å². The first kappa shape index (κ1) is 10.4. The monoisotopic (exact) mass is 207 g/mol. The van der Waals surface area contributed by atoms with E-state index in [1.165, 1.54) is 0 Å². The second kappa shape index (κ2) is 3.45. The summed E-state index contributed by atoms with van der Waals surface area (Å²) in [5.74, 6) is 1.06. The second-order valence-electron chi connectivity index (χ2n) is 4.66. The van der Waals surface area contributed by atoms with Crippen LogP contribution >= 0.6 is 0 Å². The molecule has 2 rings (SSSR count). The van der Waals surface area contributed by atoms with Gasteiger partial charge >= 0.3 is 0 Å². The lowest BCUT2D eigenvalue weighted by atomic mass is 10.1. The van der Waals surface area contributed by atoms with Gasteiger partial charge in [-0.3, -0.25) is 4.79 Å². The first-order chi connectivity index (χ1) is 7.07. The highest BCUT2D eigenvalue weighted by Crippen LogP contribution is 2.45. The molecule has 15 heavy (non-hydrogen) atoms. The molecule has 0 saturated heterocycles. The Morgan fingerprint density at radius 3 is 2.73 bits per heavy atom. The Hall–Kier alpha value is -1.16. The molecule has 1 aromatic heterocycles. The smallest absolute Gasteiger partial charge is 0.251 e. The minimum atomic E-state index is -0.0663. The number of rotatable bonds is 3. The third kappa shape index (κ3) is 1.81. The van der Waals surface area contributed by atoms with Crippen LogP contribution in [0.3, 0.4) is 0 Å². The highest BCUT2D eigenvalue weighted by molar-refractivity contribution is 5.21. The molecule has 82 valence electrons. The molecule has 0 unspecified atom stereocenters. The Morgan fingerprint density at radius 1 is 1.60 bits per heavy atom. The Bertz CT molecular complexity index is 418. The van der Waals surface area contributed by atoms with Gasteiger partial charge in [0.25, 0.3) is 5.56 Å². The summed E-state index contributed by atoms with van der Waals surface area (Å²) in [6.07, 6.45) is 2.07. The fourth-order valence-corrected chi connectivity index (χ4v) is 1.71. The quantitative estimate of drug-likeness (QED) is 0.773. The van der Waals surface area contributed by atoms with Crippen LogP contribution in [0.1, 0.15) is 44.1 Å². The predicted molar refractivity (Wildman–Crippen MR) is 58.9 cm³/mol. The fraction of sp³-hybridized carbons (Fsp3) is 0.636. The summed E-state index contributed by atoms with van der Waals surface area (Å²) in [6, 6.07) is 1.57. The molecule has 1 aliphatic rings. The van der Waals surface area contributed by atoms with Crippen LogP contribution in [0.15, 0.2) is 10.9 Å². The number of H-pyrrole nitrogens is 1. The van der Waals surface area contributed by atoms with Crippen LogP contribution in [0.5, 0.6) is 0 Å². The van der Waals surface area contributed by atoms with Gasteiger partial charge in [0.05, 0.1) is 5.69 Å². The topological polar surface area (TPSA) is 71.8 Å². The van der Waals surface area contributed by atoms with Crippen molar-refractivity contribution in [2.24, 2.45) is 5.73 Å². The molecule has 0 amide bonds. The van der Waals surface area contributed by atoms with Crippen LogP contribution in [0.25, 0.3) is 0 Å². The molecular weight excluding hydrogens is 190 g/mol. The average molecular weight is 207 g/mol. The summed E-state index contributed by atoms with van der Waals surface area (Å²) >= 11 is 0. The molecule has 0 spiro atoms. The van der Waals surface area contributed by atoms with E-state index in [9.17, 15) is 4.79 Å². The highest BCUT2D eigenvalue weighted by atomic mass is 16.1. The third-order valence-electron chi connectivity index (χ3n) is 3.10. The van der Waals surface area contributed by atoms with Crippen LogP contribution in [0.2, 0.25) is 0 Å². The maximum Gasteiger partial charge on any atom is 0.251 e. The molecule has 0 aromatic carbocycles. The van der Waals surface area contributed by atoms with E-state index in [1.807, 2.05) is 13.8 Å². The number of nitrogens with zero attached hydrogens (tertiary/aromatic N) is 1. The summed E-state index contributed by atoms with van der Waals surface area (Å²) in [5, 5.41) is 0. The first-order valence-electron chi connectivity index (χ1n) is 5.39. The minimum Gasteiger partial charge on any atom is -0.329 e. The van der Waals surface area contributed by atoms with Gasteiger partial charge in [-0.25, -0.2) is 4.98 Å². The minimum absolute atomic E-state index is 0.0376. The lowest BCUT2D eigenvalue weighted by Crippen LogP contribution is -2.26. The van der Waals surface area contributed by atoms with Crippen molar-refractivity contribution in [3.8, 4) is 0 Å². The van der Waals surface area contributed by atoms with Crippen molar-refractivity contribution in [3.05, 3.63) is 27.9 Å². The van der Waals surface area contributed by atoms with E-state index in [0.29, 0.717) is 6.54 Å². The third-order valence-corrected chi connectivity index (χ3v) is 3.10. The fourth-order valence-electron chi connectivity index (χ4n) is 1.71. The zero-order chi connectivity index (χ0) is 11.1. The summed E-state index contributed by atoms with van der Waals surface area (Å²) in [5.41, 5.74) is 6.47. The Labute approximate surface area is 88.9 Å². The van der Waals surface area contributed by atoms with E-state index in [0.717, 1.165) is 24.4 Å². The van der Waals surface area contributed by atoms with Crippen LogP contribution in [0, 0.1) is 0 Å². The summed E-state index contributed by atoms with van der Waals surface area (Å²) < 4.78 is 0. The van der Waals surface area contributed by atoms with Crippen molar-refractivity contribution in [2.45, 2.75) is 38.0 Å². The Morgan fingerprint density at radius 2 is 2.27 bits per heavy atom. The van der Waals surface area contributed by atoms with Crippen LogP contribution < -0.4 is 11.3 Å². The molecule has 4 heteroatoms. The largest absolute Gasteiger partial charge is 0.329 e. The SMILES string of the molecule is CC(C)c1cc(=O)[nH]c(C2(CN)CC2)n1. The van der Waals surface area contributed by atoms with Crippen molar-refractivity contribution >= 4 is 0 Å². The highest BCUT2D eigenvalue weighted by Gasteiger charge is 2.45. The molecule has 0 bridgehead atoms. The molecule has 1 saturated carbocycles. The van der Waals surface area contributed by atoms with Gasteiger partial charge in [0.1, 0.15) is 5.82 Å². The first-order valence-corrected chi connectivity index (χ1v) is 5.39.